The fourth-order valence-corrected chi connectivity index (χ4v) is 7.12. The maximum atomic E-state index is 15.3. The van der Waals surface area contributed by atoms with Crippen molar-refractivity contribution in [1.29, 1.82) is 0 Å². The molecule has 7 rings (SSSR count). The van der Waals surface area contributed by atoms with Crippen LogP contribution in [0.15, 0.2) is 48.8 Å². The molecule has 1 fully saturated rings. The Balaban J connectivity index is 1.27. The monoisotopic (exact) mass is 634 g/mol. The lowest BCUT2D eigenvalue weighted by Gasteiger charge is -2.36. The quantitative estimate of drug-likeness (QED) is 0.335. The van der Waals surface area contributed by atoms with Crippen LogP contribution in [-0.4, -0.2) is 78.6 Å². The molecule has 0 N–H and O–H groups in total. The summed E-state index contributed by atoms with van der Waals surface area (Å²) in [6.45, 7) is 8.78. The third-order valence-corrected chi connectivity index (χ3v) is 9.55. The molecule has 46 heavy (non-hydrogen) atoms. The molecule has 12 heteroatoms. The van der Waals surface area contributed by atoms with Gasteiger partial charge in [-0.1, -0.05) is 30.8 Å². The molecule has 1 atom stereocenters. The Kier molecular flexibility index (Phi) is 7.78. The molecule has 0 bridgehead atoms. The van der Waals surface area contributed by atoms with Crippen molar-refractivity contribution in [2.45, 2.75) is 44.7 Å². The summed E-state index contributed by atoms with van der Waals surface area (Å²) in [4.78, 5) is 29.9. The van der Waals surface area contributed by atoms with Crippen molar-refractivity contribution in [3.05, 3.63) is 76.6 Å². The molecule has 9 nitrogen and oxygen atoms in total. The number of ether oxygens (including phenoxy) is 2. The maximum Gasteiger partial charge on any atom is 0.325 e. The third kappa shape index (κ3) is 5.42. The van der Waals surface area contributed by atoms with Crippen molar-refractivity contribution >= 4 is 17.5 Å². The van der Waals surface area contributed by atoms with Crippen LogP contribution in [0.5, 0.6) is 17.5 Å². The molecule has 1 amide bonds. The zero-order valence-electron chi connectivity index (χ0n) is 26.1. The number of aromatic nitrogens is 2. The number of fused-ring (bicyclic) bond motifs is 3. The highest BCUT2D eigenvalue weighted by atomic mass is 19.3. The van der Waals surface area contributed by atoms with Gasteiger partial charge in [0, 0.05) is 56.9 Å². The molecule has 0 radical (unpaired) electrons. The first-order valence-corrected chi connectivity index (χ1v) is 15.8. The first-order valence-electron chi connectivity index (χ1n) is 15.8. The number of benzene rings is 2. The van der Waals surface area contributed by atoms with E-state index in [9.17, 15) is 9.18 Å². The van der Waals surface area contributed by atoms with Crippen molar-refractivity contribution < 1.29 is 27.4 Å². The van der Waals surface area contributed by atoms with E-state index in [1.165, 1.54) is 10.5 Å². The zero-order chi connectivity index (χ0) is 32.2. The second kappa shape index (κ2) is 11.8. The van der Waals surface area contributed by atoms with Gasteiger partial charge in [0.2, 0.25) is 0 Å². The fourth-order valence-electron chi connectivity index (χ4n) is 7.12. The van der Waals surface area contributed by atoms with Crippen LogP contribution < -0.4 is 19.3 Å². The number of hydrogen-bond donors (Lipinski definition) is 0. The molecule has 0 aliphatic carbocycles. The lowest BCUT2D eigenvalue weighted by molar-refractivity contribution is -0.128. The minimum absolute atomic E-state index is 0.0283. The van der Waals surface area contributed by atoms with E-state index in [2.05, 4.69) is 29.5 Å². The molecule has 5 heterocycles. The molecule has 1 unspecified atom stereocenters. The summed E-state index contributed by atoms with van der Waals surface area (Å²) in [6, 6.07) is 10.8. The standard InChI is InChI=1S/C34H37F3N6O3/c1-21(35)32(44)42-17-15-41(16-18-42)30-26-11-14-43(22(2)24-7-5-9-28-29(24)34(36,37)12-19-45-28)31(26)39-33(38-30)46-27-8-4-6-23-20-40(3)13-10-25(23)27/h4-9,22H,1,10-20H2,2-3H3. The van der Waals surface area contributed by atoms with Crippen molar-refractivity contribution in [2.75, 3.05) is 62.7 Å². The first-order chi connectivity index (χ1) is 22.1. The summed E-state index contributed by atoms with van der Waals surface area (Å²) >= 11 is 0. The number of anilines is 2. The molecule has 1 saturated heterocycles. The summed E-state index contributed by atoms with van der Waals surface area (Å²) < 4.78 is 56.3. The van der Waals surface area contributed by atoms with Gasteiger partial charge < -0.3 is 29.1 Å². The minimum Gasteiger partial charge on any atom is -0.493 e. The van der Waals surface area contributed by atoms with Crippen LogP contribution in [0.4, 0.5) is 24.8 Å². The number of amides is 1. The molecule has 242 valence electrons. The lowest BCUT2D eigenvalue weighted by atomic mass is 9.92. The topological polar surface area (TPSA) is 74.3 Å². The van der Waals surface area contributed by atoms with E-state index < -0.39 is 23.7 Å². The van der Waals surface area contributed by atoms with E-state index in [0.717, 1.165) is 30.6 Å². The largest absolute Gasteiger partial charge is 0.493 e. The van der Waals surface area contributed by atoms with Crippen LogP contribution in [0.2, 0.25) is 0 Å². The Hall–Kier alpha value is -4.32. The van der Waals surface area contributed by atoms with Crippen LogP contribution >= 0.6 is 0 Å². The van der Waals surface area contributed by atoms with Crippen LogP contribution in [0, 0.1) is 0 Å². The number of hydrogen-bond acceptors (Lipinski definition) is 8. The predicted octanol–water partition coefficient (Wildman–Crippen LogP) is 5.39. The SMILES string of the molecule is C=C(F)C(=O)N1CCN(c2nc(Oc3cccc4c3CCN(C)C4)nc3c2CCN3C(C)c2cccc3c2C(F)(F)CCO3)CC1. The molecule has 0 spiro atoms. The van der Waals surface area contributed by atoms with Gasteiger partial charge in [0.05, 0.1) is 24.6 Å². The summed E-state index contributed by atoms with van der Waals surface area (Å²) in [5, 5.41) is 0. The number of rotatable bonds is 6. The number of likely N-dealkylation sites (N-methyl/N-ethyl adjacent to an activating group) is 1. The Morgan fingerprint density at radius 3 is 2.52 bits per heavy atom. The van der Waals surface area contributed by atoms with Gasteiger partial charge in [-0.3, -0.25) is 4.79 Å². The number of piperazine rings is 1. The highest BCUT2D eigenvalue weighted by Crippen LogP contribution is 2.48. The van der Waals surface area contributed by atoms with Crippen LogP contribution in [-0.2, 0) is 30.1 Å². The molecular weight excluding hydrogens is 597 g/mol. The summed E-state index contributed by atoms with van der Waals surface area (Å²) in [6.07, 6.45) is 1.06. The lowest BCUT2D eigenvalue weighted by Crippen LogP contribution is -2.49. The molecule has 1 aromatic heterocycles. The Bertz CT molecular complexity index is 1690. The van der Waals surface area contributed by atoms with Crippen molar-refractivity contribution in [2.24, 2.45) is 0 Å². The Labute approximate surface area is 266 Å². The van der Waals surface area contributed by atoms with Gasteiger partial charge >= 0.3 is 6.01 Å². The van der Waals surface area contributed by atoms with Gasteiger partial charge in [0.25, 0.3) is 11.8 Å². The van der Waals surface area contributed by atoms with Gasteiger partial charge in [-0.25, -0.2) is 13.2 Å². The van der Waals surface area contributed by atoms with E-state index in [0.29, 0.717) is 62.1 Å². The van der Waals surface area contributed by atoms with Crippen molar-refractivity contribution in [1.82, 2.24) is 19.8 Å². The predicted molar refractivity (Wildman–Crippen MR) is 168 cm³/mol. The molecule has 3 aromatic rings. The van der Waals surface area contributed by atoms with E-state index in [1.807, 2.05) is 24.0 Å². The number of alkyl halides is 2. The van der Waals surface area contributed by atoms with Crippen LogP contribution in [0.25, 0.3) is 0 Å². The molecule has 0 saturated carbocycles. The molecular formula is C34H37F3N6O3. The average molecular weight is 635 g/mol. The summed E-state index contributed by atoms with van der Waals surface area (Å²) in [5.41, 5.74) is 3.63. The second-order valence-corrected chi connectivity index (χ2v) is 12.4. The smallest absolute Gasteiger partial charge is 0.325 e. The van der Waals surface area contributed by atoms with Crippen molar-refractivity contribution in [3.8, 4) is 17.5 Å². The average Bonchev–Trinajstić information content (AvgIpc) is 3.47. The highest BCUT2D eigenvalue weighted by molar-refractivity contribution is 5.90. The van der Waals surface area contributed by atoms with Gasteiger partial charge in [-0.15, -0.1) is 0 Å². The summed E-state index contributed by atoms with van der Waals surface area (Å²) in [7, 11) is 2.09. The summed E-state index contributed by atoms with van der Waals surface area (Å²) in [5.74, 6) is -2.47. The third-order valence-electron chi connectivity index (χ3n) is 9.55. The minimum atomic E-state index is -3.01. The van der Waals surface area contributed by atoms with Crippen LogP contribution in [0.1, 0.15) is 47.2 Å². The van der Waals surface area contributed by atoms with Gasteiger partial charge in [0.15, 0.2) is 5.83 Å². The number of carbonyl (C=O) groups excluding carboxylic acids is 1. The number of halogens is 3. The first kappa shape index (κ1) is 30.3. The van der Waals surface area contributed by atoms with Crippen LogP contribution in [0.3, 0.4) is 0 Å². The normalized spacial score (nSPS) is 19.5. The molecule has 4 aliphatic rings. The van der Waals surface area contributed by atoms with Gasteiger partial charge in [-0.05, 0) is 50.1 Å². The number of nitrogens with zero attached hydrogens (tertiary/aromatic N) is 6. The van der Waals surface area contributed by atoms with E-state index >= 15 is 8.78 Å². The van der Waals surface area contributed by atoms with E-state index in [4.69, 9.17) is 19.4 Å². The molecule has 2 aromatic carbocycles. The highest BCUT2D eigenvalue weighted by Gasteiger charge is 2.43. The van der Waals surface area contributed by atoms with Crippen molar-refractivity contribution in [3.63, 3.8) is 0 Å². The van der Waals surface area contributed by atoms with E-state index in [-0.39, 0.29) is 30.4 Å². The van der Waals surface area contributed by atoms with E-state index in [1.54, 1.807) is 18.2 Å². The fraction of sp³-hybridized carbons (Fsp3) is 0.441. The number of carbonyl (C=O) groups is 1. The second-order valence-electron chi connectivity index (χ2n) is 12.4. The zero-order valence-corrected chi connectivity index (χ0v) is 26.1. The van der Waals surface area contributed by atoms with Gasteiger partial charge in [0.1, 0.15) is 23.1 Å². The Morgan fingerprint density at radius 2 is 1.74 bits per heavy atom. The molecule has 4 aliphatic heterocycles. The Morgan fingerprint density at radius 1 is 1.00 bits per heavy atom. The maximum absolute atomic E-state index is 15.3. The van der Waals surface area contributed by atoms with Gasteiger partial charge in [-0.2, -0.15) is 9.97 Å².